The Hall–Kier alpha value is -1.62. The van der Waals surface area contributed by atoms with E-state index in [1.54, 1.807) is 15.8 Å². The molecule has 1 amide bonds. The number of anilines is 1. The Labute approximate surface area is 185 Å². The molecule has 0 bridgehead atoms. The lowest BCUT2D eigenvalue weighted by Crippen LogP contribution is -2.55. The molecule has 1 aromatic heterocycles. The average molecular weight is 547 g/mol. The number of nitrogens with one attached hydrogen (secondary N) is 1. The van der Waals surface area contributed by atoms with Gasteiger partial charge in [-0.1, -0.05) is 28.1 Å². The van der Waals surface area contributed by atoms with E-state index in [0.717, 1.165) is 34.8 Å². The smallest absolute Gasteiger partial charge is 0.246 e. The summed E-state index contributed by atoms with van der Waals surface area (Å²) in [4.78, 5) is 21.1. The number of halogens is 2. The predicted octanol–water partition coefficient (Wildman–Crippen LogP) is 2.61. The van der Waals surface area contributed by atoms with Crippen molar-refractivity contribution in [3.8, 4) is 0 Å². The summed E-state index contributed by atoms with van der Waals surface area (Å²) >= 11 is 3.44. The number of carbonyl (C=O) groups excluding carboxylic acids is 1. The molecule has 3 rings (SSSR count). The highest BCUT2D eigenvalue weighted by Gasteiger charge is 2.27. The Morgan fingerprint density at radius 1 is 1.30 bits per heavy atom. The summed E-state index contributed by atoms with van der Waals surface area (Å²) < 4.78 is 2.76. The fraction of sp³-hybridized carbons (Fsp3) is 0.389. The number of aromatic nitrogens is 2. The number of benzene rings is 1. The van der Waals surface area contributed by atoms with E-state index in [2.05, 4.69) is 26.3 Å². The summed E-state index contributed by atoms with van der Waals surface area (Å²) in [5, 5.41) is 7.44. The van der Waals surface area contributed by atoms with Gasteiger partial charge in [-0.3, -0.25) is 9.48 Å². The average Bonchev–Trinajstić information content (AvgIpc) is 3.06. The van der Waals surface area contributed by atoms with Gasteiger partial charge in [0.25, 0.3) is 0 Å². The minimum Gasteiger partial charge on any atom is -0.356 e. The molecule has 1 aliphatic heterocycles. The van der Waals surface area contributed by atoms with E-state index >= 15 is 0 Å². The minimum atomic E-state index is 0. The molecule has 1 aromatic carbocycles. The van der Waals surface area contributed by atoms with Gasteiger partial charge in [0.1, 0.15) is 6.54 Å². The second kappa shape index (κ2) is 10.1. The maximum absolute atomic E-state index is 12.6. The van der Waals surface area contributed by atoms with E-state index in [1.807, 2.05) is 49.3 Å². The number of hydrogen-bond acceptors (Lipinski definition) is 3. The van der Waals surface area contributed by atoms with Crippen LogP contribution in [0.15, 0.2) is 46.1 Å². The molecule has 2 aromatic rings. The number of nitrogens with zero attached hydrogens (tertiary/aromatic N) is 5. The molecule has 27 heavy (non-hydrogen) atoms. The van der Waals surface area contributed by atoms with Gasteiger partial charge in [-0.25, -0.2) is 4.99 Å². The number of amides is 1. The SMILES string of the molecule is CCNC(=NCc1ccc(Br)cc1)N1CCN(c2cnn(C)c2)C(=O)C1.I. The van der Waals surface area contributed by atoms with Crippen LogP contribution in [0.25, 0.3) is 0 Å². The first-order valence-electron chi connectivity index (χ1n) is 8.63. The number of piperazine rings is 1. The van der Waals surface area contributed by atoms with Crippen LogP contribution in [0.5, 0.6) is 0 Å². The fourth-order valence-electron chi connectivity index (χ4n) is 2.86. The predicted molar refractivity (Wildman–Crippen MR) is 122 cm³/mol. The van der Waals surface area contributed by atoms with Gasteiger partial charge in [0.05, 0.1) is 18.4 Å². The summed E-state index contributed by atoms with van der Waals surface area (Å²) in [5.41, 5.74) is 1.97. The molecule has 2 heterocycles. The van der Waals surface area contributed by atoms with Crippen molar-refractivity contribution in [3.63, 3.8) is 0 Å². The molecule has 0 radical (unpaired) electrons. The van der Waals surface area contributed by atoms with Crippen molar-refractivity contribution in [2.75, 3.05) is 31.1 Å². The van der Waals surface area contributed by atoms with Gasteiger partial charge in [0.2, 0.25) is 5.91 Å². The fourth-order valence-corrected chi connectivity index (χ4v) is 3.12. The summed E-state index contributed by atoms with van der Waals surface area (Å²) in [6, 6.07) is 8.10. The molecule has 0 aliphatic carbocycles. The van der Waals surface area contributed by atoms with Crippen molar-refractivity contribution < 1.29 is 4.79 Å². The van der Waals surface area contributed by atoms with Crippen LogP contribution in [0.1, 0.15) is 12.5 Å². The highest BCUT2D eigenvalue weighted by atomic mass is 127. The van der Waals surface area contributed by atoms with Crippen LogP contribution in [-0.2, 0) is 18.4 Å². The van der Waals surface area contributed by atoms with Gasteiger partial charge in [-0.05, 0) is 24.6 Å². The van der Waals surface area contributed by atoms with E-state index in [4.69, 9.17) is 4.99 Å². The Morgan fingerprint density at radius 2 is 2.04 bits per heavy atom. The summed E-state index contributed by atoms with van der Waals surface area (Å²) in [5.74, 6) is 0.827. The van der Waals surface area contributed by atoms with Crippen LogP contribution < -0.4 is 10.2 Å². The van der Waals surface area contributed by atoms with E-state index in [0.29, 0.717) is 19.6 Å². The van der Waals surface area contributed by atoms with Gasteiger partial charge < -0.3 is 15.1 Å². The van der Waals surface area contributed by atoms with Gasteiger partial charge in [-0.15, -0.1) is 24.0 Å². The maximum atomic E-state index is 12.6. The number of rotatable bonds is 4. The summed E-state index contributed by atoms with van der Waals surface area (Å²) in [6.45, 7) is 5.02. The lowest BCUT2D eigenvalue weighted by atomic mass is 10.2. The minimum absolute atomic E-state index is 0. The van der Waals surface area contributed by atoms with Crippen molar-refractivity contribution in [2.45, 2.75) is 13.5 Å². The standard InChI is InChI=1S/C18H23BrN6O.HI/c1-3-20-18(21-10-14-4-6-15(19)7-5-14)24-8-9-25(17(26)13-24)16-11-22-23(2)12-16;/h4-7,11-12H,3,8-10,13H2,1-2H3,(H,20,21);1H. The Kier molecular flexibility index (Phi) is 8.08. The molecule has 0 saturated carbocycles. The normalized spacial score (nSPS) is 14.9. The zero-order chi connectivity index (χ0) is 18.5. The van der Waals surface area contributed by atoms with E-state index in [9.17, 15) is 4.79 Å². The van der Waals surface area contributed by atoms with Gasteiger partial charge >= 0.3 is 0 Å². The van der Waals surface area contributed by atoms with Crippen molar-refractivity contribution in [1.82, 2.24) is 20.0 Å². The van der Waals surface area contributed by atoms with Crippen LogP contribution >= 0.6 is 39.9 Å². The van der Waals surface area contributed by atoms with Crippen molar-refractivity contribution in [1.29, 1.82) is 0 Å². The third kappa shape index (κ3) is 5.68. The van der Waals surface area contributed by atoms with Crippen LogP contribution in [0.3, 0.4) is 0 Å². The molecular formula is C18H24BrIN6O. The van der Waals surface area contributed by atoms with E-state index < -0.39 is 0 Å². The molecule has 0 unspecified atom stereocenters. The third-order valence-electron chi connectivity index (χ3n) is 4.18. The third-order valence-corrected chi connectivity index (χ3v) is 4.71. The number of aryl methyl sites for hydroxylation is 1. The molecule has 0 atom stereocenters. The molecule has 9 heteroatoms. The first-order valence-corrected chi connectivity index (χ1v) is 9.43. The molecule has 146 valence electrons. The summed E-state index contributed by atoms with van der Waals surface area (Å²) in [6.07, 6.45) is 3.58. The highest BCUT2D eigenvalue weighted by molar-refractivity contribution is 14.0. The van der Waals surface area contributed by atoms with E-state index in [-0.39, 0.29) is 29.9 Å². The monoisotopic (exact) mass is 546 g/mol. The second-order valence-corrected chi connectivity index (χ2v) is 7.05. The lowest BCUT2D eigenvalue weighted by molar-refractivity contribution is -0.120. The molecule has 7 nitrogen and oxygen atoms in total. The van der Waals surface area contributed by atoms with Crippen LogP contribution in [0, 0.1) is 0 Å². The zero-order valence-corrected chi connectivity index (χ0v) is 19.3. The largest absolute Gasteiger partial charge is 0.356 e. The molecule has 1 saturated heterocycles. The molecule has 1 N–H and O–H groups in total. The van der Waals surface area contributed by atoms with Gasteiger partial charge in [0, 0.05) is 37.4 Å². The van der Waals surface area contributed by atoms with E-state index in [1.165, 1.54) is 0 Å². The molecule has 0 spiro atoms. The Balaban J connectivity index is 0.00000261. The van der Waals surface area contributed by atoms with Crippen LogP contribution in [0.2, 0.25) is 0 Å². The second-order valence-electron chi connectivity index (χ2n) is 6.14. The van der Waals surface area contributed by atoms with Crippen molar-refractivity contribution in [2.24, 2.45) is 12.0 Å². The first kappa shape index (κ1) is 21.7. The van der Waals surface area contributed by atoms with Crippen LogP contribution in [-0.4, -0.2) is 52.7 Å². The molecule has 1 fully saturated rings. The maximum Gasteiger partial charge on any atom is 0.246 e. The van der Waals surface area contributed by atoms with Gasteiger partial charge in [0.15, 0.2) is 5.96 Å². The lowest BCUT2D eigenvalue weighted by Gasteiger charge is -2.35. The highest BCUT2D eigenvalue weighted by Crippen LogP contribution is 2.16. The van der Waals surface area contributed by atoms with Crippen molar-refractivity contribution in [3.05, 3.63) is 46.7 Å². The van der Waals surface area contributed by atoms with Gasteiger partial charge in [-0.2, -0.15) is 5.10 Å². The first-order chi connectivity index (χ1) is 12.6. The quantitative estimate of drug-likeness (QED) is 0.364. The molecular weight excluding hydrogens is 523 g/mol. The topological polar surface area (TPSA) is 65.8 Å². The Morgan fingerprint density at radius 3 is 2.63 bits per heavy atom. The number of carbonyl (C=O) groups is 1. The van der Waals surface area contributed by atoms with Crippen LogP contribution in [0.4, 0.5) is 5.69 Å². The number of guanidine groups is 1. The molecule has 1 aliphatic rings. The Bertz CT molecular complexity index is 791. The number of hydrogen-bond donors (Lipinski definition) is 1. The van der Waals surface area contributed by atoms with Crippen molar-refractivity contribution >= 4 is 57.5 Å². The summed E-state index contributed by atoms with van der Waals surface area (Å²) in [7, 11) is 1.85. The number of aliphatic imine (C=N–C) groups is 1. The zero-order valence-electron chi connectivity index (χ0n) is 15.4.